The average Bonchev–Trinajstić information content (AvgIpc) is 2.69. The van der Waals surface area contributed by atoms with Crippen molar-refractivity contribution < 1.29 is 23.8 Å². The standard InChI is InChI=1S/C22H26ClNO5/c1-5-11-28-20-18(23)12-16(13-19(20)27-6-2)22(26)29-15(4)21(25)24-17-9-7-14(3)8-10-17/h7-10,12-13,15H,5-6,11H2,1-4H3,(H,24,25)/t15-/m1/s1. The highest BCUT2D eigenvalue weighted by Crippen LogP contribution is 2.37. The number of esters is 1. The Morgan fingerprint density at radius 1 is 1.10 bits per heavy atom. The molecule has 0 fully saturated rings. The lowest BCUT2D eigenvalue weighted by atomic mass is 10.2. The van der Waals surface area contributed by atoms with Crippen LogP contribution in [0, 0.1) is 6.92 Å². The SMILES string of the molecule is CCCOc1c(Cl)cc(C(=O)O[C@H](C)C(=O)Nc2ccc(C)cc2)cc1OCC. The van der Waals surface area contributed by atoms with E-state index in [9.17, 15) is 9.59 Å². The van der Waals surface area contributed by atoms with Gasteiger partial charge in [0.1, 0.15) is 0 Å². The number of amides is 1. The Morgan fingerprint density at radius 3 is 2.41 bits per heavy atom. The first kappa shape index (κ1) is 22.6. The van der Waals surface area contributed by atoms with E-state index in [1.54, 1.807) is 12.1 Å². The average molecular weight is 420 g/mol. The molecule has 0 aliphatic rings. The number of ether oxygens (including phenoxy) is 3. The molecule has 0 aliphatic heterocycles. The summed E-state index contributed by atoms with van der Waals surface area (Å²) in [6.45, 7) is 8.11. The molecule has 1 N–H and O–H groups in total. The minimum atomic E-state index is -0.992. The van der Waals surface area contributed by atoms with Gasteiger partial charge in [-0.25, -0.2) is 4.79 Å². The van der Waals surface area contributed by atoms with Crippen molar-refractivity contribution in [1.29, 1.82) is 0 Å². The van der Waals surface area contributed by atoms with Gasteiger partial charge >= 0.3 is 5.97 Å². The first-order chi connectivity index (χ1) is 13.8. The molecule has 29 heavy (non-hydrogen) atoms. The van der Waals surface area contributed by atoms with Gasteiger partial charge in [0, 0.05) is 5.69 Å². The van der Waals surface area contributed by atoms with E-state index in [0.29, 0.717) is 30.4 Å². The number of benzene rings is 2. The molecule has 0 saturated heterocycles. The van der Waals surface area contributed by atoms with E-state index in [4.69, 9.17) is 25.8 Å². The quantitative estimate of drug-likeness (QED) is 0.577. The predicted octanol–water partition coefficient (Wildman–Crippen LogP) is 5.02. The van der Waals surface area contributed by atoms with E-state index in [2.05, 4.69) is 5.32 Å². The lowest BCUT2D eigenvalue weighted by Gasteiger charge is -2.16. The van der Waals surface area contributed by atoms with Crippen LogP contribution in [0.2, 0.25) is 5.02 Å². The molecule has 0 aliphatic carbocycles. The maximum absolute atomic E-state index is 12.5. The summed E-state index contributed by atoms with van der Waals surface area (Å²) in [4.78, 5) is 24.8. The van der Waals surface area contributed by atoms with Crippen molar-refractivity contribution >= 4 is 29.2 Å². The minimum Gasteiger partial charge on any atom is -0.490 e. The highest BCUT2D eigenvalue weighted by molar-refractivity contribution is 6.32. The number of nitrogens with one attached hydrogen (secondary N) is 1. The zero-order valence-electron chi connectivity index (χ0n) is 17.1. The van der Waals surface area contributed by atoms with Crippen LogP contribution in [0.4, 0.5) is 5.69 Å². The van der Waals surface area contributed by atoms with Crippen LogP contribution < -0.4 is 14.8 Å². The Balaban J connectivity index is 2.10. The predicted molar refractivity (Wildman–Crippen MR) is 113 cm³/mol. The Labute approximate surface area is 176 Å². The zero-order valence-corrected chi connectivity index (χ0v) is 17.8. The molecule has 0 spiro atoms. The molecule has 0 bridgehead atoms. The summed E-state index contributed by atoms with van der Waals surface area (Å²) >= 11 is 6.28. The number of aryl methyl sites for hydroxylation is 1. The fraction of sp³-hybridized carbons (Fsp3) is 0.364. The summed E-state index contributed by atoms with van der Waals surface area (Å²) in [5.74, 6) is -0.364. The van der Waals surface area contributed by atoms with E-state index in [0.717, 1.165) is 12.0 Å². The van der Waals surface area contributed by atoms with Gasteiger partial charge in [-0.05, 0) is 51.5 Å². The normalized spacial score (nSPS) is 11.5. The second-order valence-electron chi connectivity index (χ2n) is 6.47. The van der Waals surface area contributed by atoms with Crippen LogP contribution in [0.1, 0.15) is 43.1 Å². The van der Waals surface area contributed by atoms with Crippen molar-refractivity contribution in [2.75, 3.05) is 18.5 Å². The third-order valence-electron chi connectivity index (χ3n) is 3.97. The van der Waals surface area contributed by atoms with Gasteiger partial charge < -0.3 is 19.5 Å². The van der Waals surface area contributed by atoms with Crippen LogP contribution in [0.25, 0.3) is 0 Å². The Morgan fingerprint density at radius 2 is 1.79 bits per heavy atom. The molecular formula is C22H26ClNO5. The maximum Gasteiger partial charge on any atom is 0.339 e. The van der Waals surface area contributed by atoms with Crippen molar-refractivity contribution in [3.63, 3.8) is 0 Å². The Bertz CT molecular complexity index is 851. The van der Waals surface area contributed by atoms with Crippen molar-refractivity contribution in [2.24, 2.45) is 0 Å². The van der Waals surface area contributed by atoms with E-state index in [-0.39, 0.29) is 10.6 Å². The van der Waals surface area contributed by atoms with Crippen LogP contribution >= 0.6 is 11.6 Å². The zero-order chi connectivity index (χ0) is 21.4. The Kier molecular flexibility index (Phi) is 8.34. The van der Waals surface area contributed by atoms with Crippen LogP contribution in [-0.2, 0) is 9.53 Å². The fourth-order valence-corrected chi connectivity index (χ4v) is 2.72. The molecule has 156 valence electrons. The summed E-state index contributed by atoms with van der Waals surface area (Å²) in [7, 11) is 0. The minimum absolute atomic E-state index is 0.178. The van der Waals surface area contributed by atoms with Crippen LogP contribution in [0.3, 0.4) is 0 Å². The third-order valence-corrected chi connectivity index (χ3v) is 4.25. The second kappa shape index (κ2) is 10.7. The Hall–Kier alpha value is -2.73. The van der Waals surface area contributed by atoms with Crippen LogP contribution in [-0.4, -0.2) is 31.2 Å². The molecule has 2 aromatic rings. The summed E-state index contributed by atoms with van der Waals surface area (Å²) in [6, 6.07) is 10.3. The van der Waals surface area contributed by atoms with Gasteiger partial charge in [-0.1, -0.05) is 36.2 Å². The van der Waals surface area contributed by atoms with Gasteiger partial charge in [0.15, 0.2) is 17.6 Å². The third kappa shape index (κ3) is 6.39. The van der Waals surface area contributed by atoms with Crippen molar-refractivity contribution in [3.05, 3.63) is 52.5 Å². The van der Waals surface area contributed by atoms with E-state index in [1.165, 1.54) is 19.1 Å². The van der Waals surface area contributed by atoms with Crippen molar-refractivity contribution in [3.8, 4) is 11.5 Å². The van der Waals surface area contributed by atoms with Gasteiger partial charge in [0.05, 0.1) is 23.8 Å². The first-order valence-electron chi connectivity index (χ1n) is 9.53. The van der Waals surface area contributed by atoms with Gasteiger partial charge in [-0.15, -0.1) is 0 Å². The van der Waals surface area contributed by atoms with Crippen LogP contribution in [0.5, 0.6) is 11.5 Å². The smallest absolute Gasteiger partial charge is 0.339 e. The highest BCUT2D eigenvalue weighted by atomic mass is 35.5. The molecule has 0 radical (unpaired) electrons. The molecule has 1 amide bonds. The summed E-state index contributed by atoms with van der Waals surface area (Å²) in [5, 5.41) is 2.96. The largest absolute Gasteiger partial charge is 0.490 e. The molecule has 1 atom stereocenters. The lowest BCUT2D eigenvalue weighted by molar-refractivity contribution is -0.123. The number of carbonyl (C=O) groups excluding carboxylic acids is 2. The molecule has 0 saturated carbocycles. The number of halogens is 1. The van der Waals surface area contributed by atoms with Gasteiger partial charge in [-0.3, -0.25) is 4.79 Å². The van der Waals surface area contributed by atoms with Gasteiger partial charge in [0.2, 0.25) is 0 Å². The number of rotatable bonds is 9. The highest BCUT2D eigenvalue weighted by Gasteiger charge is 2.22. The second-order valence-corrected chi connectivity index (χ2v) is 6.88. The van der Waals surface area contributed by atoms with E-state index in [1.807, 2.05) is 32.9 Å². The number of carbonyl (C=O) groups is 2. The number of anilines is 1. The van der Waals surface area contributed by atoms with Crippen LogP contribution in [0.15, 0.2) is 36.4 Å². The fourth-order valence-electron chi connectivity index (χ4n) is 2.46. The molecule has 6 nitrogen and oxygen atoms in total. The summed E-state index contributed by atoms with van der Waals surface area (Å²) < 4.78 is 16.5. The molecule has 7 heteroatoms. The summed E-state index contributed by atoms with van der Waals surface area (Å²) in [6.07, 6.45) is -0.187. The van der Waals surface area contributed by atoms with Gasteiger partial charge in [0.25, 0.3) is 5.91 Å². The maximum atomic E-state index is 12.5. The molecule has 0 heterocycles. The number of hydrogen-bond donors (Lipinski definition) is 1. The molecule has 2 aromatic carbocycles. The topological polar surface area (TPSA) is 73.9 Å². The first-order valence-corrected chi connectivity index (χ1v) is 9.91. The van der Waals surface area contributed by atoms with Crippen molar-refractivity contribution in [1.82, 2.24) is 0 Å². The van der Waals surface area contributed by atoms with E-state index >= 15 is 0 Å². The monoisotopic (exact) mass is 419 g/mol. The number of hydrogen-bond acceptors (Lipinski definition) is 5. The lowest BCUT2D eigenvalue weighted by Crippen LogP contribution is -2.30. The molecule has 0 aromatic heterocycles. The van der Waals surface area contributed by atoms with Gasteiger partial charge in [-0.2, -0.15) is 0 Å². The molecular weight excluding hydrogens is 394 g/mol. The van der Waals surface area contributed by atoms with E-state index < -0.39 is 18.0 Å². The van der Waals surface area contributed by atoms with Crippen molar-refractivity contribution in [2.45, 2.75) is 40.2 Å². The summed E-state index contributed by atoms with van der Waals surface area (Å²) in [5.41, 5.74) is 1.88. The molecule has 0 unspecified atom stereocenters. The molecule has 2 rings (SSSR count).